The Morgan fingerprint density at radius 2 is 2.07 bits per heavy atom. The van der Waals surface area contributed by atoms with Gasteiger partial charge in [0, 0.05) is 37.6 Å². The molecule has 1 saturated heterocycles. The second-order valence-electron chi connectivity index (χ2n) is 8.31. The first kappa shape index (κ1) is 20.1. The summed E-state index contributed by atoms with van der Waals surface area (Å²) in [4.78, 5) is 31.0. The number of hydrogen-bond donors (Lipinski definition) is 1. The topological polar surface area (TPSA) is 89.3 Å². The summed E-state index contributed by atoms with van der Waals surface area (Å²) in [5.41, 5.74) is 2.07. The number of nitrogens with one attached hydrogen (secondary N) is 1. The van der Waals surface area contributed by atoms with Crippen LogP contribution in [0.4, 0.5) is 4.79 Å². The van der Waals surface area contributed by atoms with Crippen LogP contribution in [0.2, 0.25) is 0 Å². The number of amides is 2. The lowest BCUT2D eigenvalue weighted by Gasteiger charge is -2.35. The van der Waals surface area contributed by atoms with Crippen LogP contribution in [0, 0.1) is 0 Å². The zero-order valence-electron chi connectivity index (χ0n) is 17.3. The van der Waals surface area contributed by atoms with Crippen LogP contribution in [0.5, 0.6) is 0 Å². The van der Waals surface area contributed by atoms with E-state index in [-0.39, 0.29) is 24.0 Å². The van der Waals surface area contributed by atoms with Crippen molar-refractivity contribution < 1.29 is 14.3 Å². The maximum atomic E-state index is 13.2. The van der Waals surface area contributed by atoms with Gasteiger partial charge in [0.15, 0.2) is 5.65 Å². The van der Waals surface area contributed by atoms with Gasteiger partial charge in [0.1, 0.15) is 6.61 Å². The highest BCUT2D eigenvalue weighted by atomic mass is 16.5. The molecule has 2 aromatic heterocycles. The van der Waals surface area contributed by atoms with Gasteiger partial charge in [0.25, 0.3) is 5.91 Å². The molecule has 2 aromatic rings. The summed E-state index contributed by atoms with van der Waals surface area (Å²) < 4.78 is 6.97. The molecule has 3 rings (SSSR count). The van der Waals surface area contributed by atoms with Gasteiger partial charge in [0.05, 0.1) is 17.3 Å². The Hall–Kier alpha value is -2.64. The van der Waals surface area contributed by atoms with Gasteiger partial charge in [-0.2, -0.15) is 5.10 Å². The Labute approximate surface area is 165 Å². The number of alkyl carbamates (subject to hydrolysis) is 1. The lowest BCUT2D eigenvalue weighted by atomic mass is 9.90. The summed E-state index contributed by atoms with van der Waals surface area (Å²) in [5, 5.41) is 7.95. The quantitative estimate of drug-likeness (QED) is 0.874. The summed E-state index contributed by atoms with van der Waals surface area (Å²) >= 11 is 0. The van der Waals surface area contributed by atoms with Crippen LogP contribution in [0.25, 0.3) is 11.0 Å². The third-order valence-corrected chi connectivity index (χ3v) is 5.13. The minimum Gasteiger partial charge on any atom is -0.447 e. The van der Waals surface area contributed by atoms with E-state index in [0.29, 0.717) is 12.1 Å². The predicted octanol–water partition coefficient (Wildman–Crippen LogP) is 2.62. The highest BCUT2D eigenvalue weighted by Crippen LogP contribution is 2.29. The number of piperidine rings is 1. The molecule has 0 aliphatic carbocycles. The number of nitrogens with zero attached hydrogens (tertiary/aromatic N) is 4. The molecule has 0 spiro atoms. The lowest BCUT2D eigenvalue weighted by Crippen LogP contribution is -2.46. The Balaban J connectivity index is 1.90. The zero-order chi connectivity index (χ0) is 20.5. The maximum Gasteiger partial charge on any atom is 0.406 e. The van der Waals surface area contributed by atoms with E-state index in [1.54, 1.807) is 10.9 Å². The number of ether oxygens (including phenoxy) is 1. The van der Waals surface area contributed by atoms with E-state index in [1.165, 1.54) is 7.05 Å². The van der Waals surface area contributed by atoms with Gasteiger partial charge in [-0.15, -0.1) is 0 Å². The van der Waals surface area contributed by atoms with Crippen molar-refractivity contribution in [1.82, 2.24) is 25.0 Å². The smallest absolute Gasteiger partial charge is 0.406 e. The van der Waals surface area contributed by atoms with Gasteiger partial charge < -0.3 is 15.0 Å². The SMILES string of the molecule is CNC(=O)OCC1CCCCN1C(=O)c1cnc2c(c1)c(C(C)(C)C)nn2C. The third kappa shape index (κ3) is 3.95. The monoisotopic (exact) mass is 387 g/mol. The molecule has 3 heterocycles. The molecule has 0 bridgehead atoms. The van der Waals surface area contributed by atoms with Crippen molar-refractivity contribution in [3.05, 3.63) is 23.5 Å². The highest BCUT2D eigenvalue weighted by molar-refractivity contribution is 5.97. The number of rotatable bonds is 3. The van der Waals surface area contributed by atoms with Crippen molar-refractivity contribution in [2.45, 2.75) is 51.5 Å². The fourth-order valence-corrected chi connectivity index (χ4v) is 3.66. The Morgan fingerprint density at radius 3 is 2.75 bits per heavy atom. The average Bonchev–Trinajstić information content (AvgIpc) is 3.02. The van der Waals surface area contributed by atoms with Crippen LogP contribution in [0.3, 0.4) is 0 Å². The van der Waals surface area contributed by atoms with Gasteiger partial charge in [-0.1, -0.05) is 20.8 Å². The number of fused-ring (bicyclic) bond motifs is 1. The molecule has 1 aliphatic rings. The van der Waals surface area contributed by atoms with Crippen molar-refractivity contribution in [3.63, 3.8) is 0 Å². The molecule has 1 unspecified atom stereocenters. The minimum absolute atomic E-state index is 0.0803. The third-order valence-electron chi connectivity index (χ3n) is 5.13. The van der Waals surface area contributed by atoms with Crippen LogP contribution in [-0.2, 0) is 17.2 Å². The Kier molecular flexibility index (Phi) is 5.58. The predicted molar refractivity (Wildman–Crippen MR) is 106 cm³/mol. The summed E-state index contributed by atoms with van der Waals surface area (Å²) in [6.07, 6.45) is 3.91. The molecule has 0 aromatic carbocycles. The van der Waals surface area contributed by atoms with Gasteiger partial charge in [-0.05, 0) is 25.3 Å². The fraction of sp³-hybridized carbons (Fsp3) is 0.600. The van der Waals surface area contributed by atoms with Crippen LogP contribution < -0.4 is 5.32 Å². The first-order valence-corrected chi connectivity index (χ1v) is 9.71. The summed E-state index contributed by atoms with van der Waals surface area (Å²) in [7, 11) is 3.39. The second kappa shape index (κ2) is 7.77. The van der Waals surface area contributed by atoms with E-state index in [4.69, 9.17) is 4.74 Å². The van der Waals surface area contributed by atoms with E-state index >= 15 is 0 Å². The summed E-state index contributed by atoms with van der Waals surface area (Å²) in [5.74, 6) is -0.0803. The van der Waals surface area contributed by atoms with Crippen LogP contribution in [-0.4, -0.2) is 57.9 Å². The number of aryl methyl sites for hydroxylation is 1. The van der Waals surface area contributed by atoms with Crippen molar-refractivity contribution in [2.24, 2.45) is 7.05 Å². The minimum atomic E-state index is -0.480. The van der Waals surface area contributed by atoms with Gasteiger partial charge >= 0.3 is 6.09 Å². The van der Waals surface area contributed by atoms with E-state index in [9.17, 15) is 9.59 Å². The molecule has 1 aliphatic heterocycles. The standard InChI is InChI=1S/C20H29N5O3/c1-20(2,3)16-15-10-13(11-22-17(15)24(5)23-16)18(26)25-9-7-6-8-14(25)12-28-19(27)21-4/h10-11,14H,6-9,12H2,1-5H3,(H,21,27). The molecule has 152 valence electrons. The number of likely N-dealkylation sites (tertiary alicyclic amines) is 1. The van der Waals surface area contributed by atoms with Crippen LogP contribution in [0.15, 0.2) is 12.3 Å². The number of carbonyl (C=O) groups is 2. The number of aromatic nitrogens is 3. The molecule has 8 heteroatoms. The number of hydrogen-bond acceptors (Lipinski definition) is 5. The molecule has 1 N–H and O–H groups in total. The molecule has 0 saturated carbocycles. The van der Waals surface area contributed by atoms with Gasteiger partial charge in [0.2, 0.25) is 0 Å². The van der Waals surface area contributed by atoms with Gasteiger partial charge in [-0.25, -0.2) is 9.78 Å². The average molecular weight is 387 g/mol. The number of pyridine rings is 1. The molecule has 1 atom stereocenters. The Bertz CT molecular complexity index is 884. The lowest BCUT2D eigenvalue weighted by molar-refractivity contribution is 0.0451. The molecule has 8 nitrogen and oxygen atoms in total. The largest absolute Gasteiger partial charge is 0.447 e. The van der Waals surface area contributed by atoms with Crippen molar-refractivity contribution >= 4 is 23.0 Å². The second-order valence-corrected chi connectivity index (χ2v) is 8.31. The van der Waals surface area contributed by atoms with Gasteiger partial charge in [-0.3, -0.25) is 9.48 Å². The molecule has 2 amide bonds. The number of carbonyl (C=O) groups excluding carboxylic acids is 2. The van der Waals surface area contributed by atoms with Crippen molar-refractivity contribution in [3.8, 4) is 0 Å². The Morgan fingerprint density at radius 1 is 1.32 bits per heavy atom. The highest BCUT2D eigenvalue weighted by Gasteiger charge is 2.30. The first-order chi connectivity index (χ1) is 13.2. The van der Waals surface area contributed by atoms with Crippen molar-refractivity contribution in [2.75, 3.05) is 20.2 Å². The first-order valence-electron chi connectivity index (χ1n) is 9.71. The van der Waals surface area contributed by atoms with Crippen molar-refractivity contribution in [1.29, 1.82) is 0 Å². The summed E-state index contributed by atoms with van der Waals surface area (Å²) in [6.45, 7) is 7.14. The van der Waals surface area contributed by atoms with Crippen LogP contribution in [0.1, 0.15) is 56.1 Å². The molecule has 0 radical (unpaired) electrons. The fourth-order valence-electron chi connectivity index (χ4n) is 3.66. The molecular formula is C20H29N5O3. The molecule has 1 fully saturated rings. The van der Waals surface area contributed by atoms with E-state index in [1.807, 2.05) is 18.0 Å². The summed E-state index contributed by atoms with van der Waals surface area (Å²) in [6, 6.07) is 1.77. The molecular weight excluding hydrogens is 358 g/mol. The van der Waals surface area contributed by atoms with E-state index in [0.717, 1.165) is 36.0 Å². The molecule has 28 heavy (non-hydrogen) atoms. The van der Waals surface area contributed by atoms with Crippen LogP contribution >= 0.6 is 0 Å². The van der Waals surface area contributed by atoms with E-state index in [2.05, 4.69) is 36.2 Å². The zero-order valence-corrected chi connectivity index (χ0v) is 17.3. The normalized spacial score (nSPS) is 17.6. The maximum absolute atomic E-state index is 13.2. The van der Waals surface area contributed by atoms with E-state index < -0.39 is 6.09 Å².